The highest BCUT2D eigenvalue weighted by Gasteiger charge is 2.31. The van der Waals surface area contributed by atoms with Crippen LogP contribution in [0.2, 0.25) is 0 Å². The monoisotopic (exact) mass is 380 g/mol. The minimum Gasteiger partial charge on any atom is -0.346 e. The van der Waals surface area contributed by atoms with Crippen molar-refractivity contribution in [3.05, 3.63) is 52.8 Å². The molecule has 1 fully saturated rings. The van der Waals surface area contributed by atoms with Crippen molar-refractivity contribution < 1.29 is 9.59 Å². The second kappa shape index (κ2) is 7.78. The van der Waals surface area contributed by atoms with Gasteiger partial charge in [-0.15, -0.1) is 0 Å². The highest BCUT2D eigenvalue weighted by Crippen LogP contribution is 2.29. The molecule has 1 aliphatic carbocycles. The summed E-state index contributed by atoms with van der Waals surface area (Å²) in [4.78, 5) is 26.9. The Kier molecular flexibility index (Phi) is 5.20. The molecule has 1 saturated carbocycles. The van der Waals surface area contributed by atoms with Gasteiger partial charge in [-0.25, -0.2) is 0 Å². The maximum Gasteiger partial charge on any atom is 0.251 e. The van der Waals surface area contributed by atoms with Crippen molar-refractivity contribution in [3.8, 4) is 0 Å². The molecular weight excluding hydrogens is 352 g/mol. The maximum absolute atomic E-state index is 12.5. The molecule has 148 valence electrons. The van der Waals surface area contributed by atoms with E-state index in [1.165, 1.54) is 6.42 Å². The number of fused-ring (bicyclic) bond motifs is 1. The van der Waals surface area contributed by atoms with Crippen molar-refractivity contribution in [1.82, 2.24) is 20.0 Å². The quantitative estimate of drug-likeness (QED) is 0.867. The Balaban J connectivity index is 1.37. The summed E-state index contributed by atoms with van der Waals surface area (Å²) in [6.45, 7) is 6.68. The third-order valence-electron chi connectivity index (χ3n) is 5.86. The molecule has 6 heteroatoms. The molecule has 0 unspecified atom stereocenters. The maximum atomic E-state index is 12.5. The molecule has 2 aromatic rings. The van der Waals surface area contributed by atoms with Crippen molar-refractivity contribution in [2.45, 2.75) is 58.7 Å². The van der Waals surface area contributed by atoms with Gasteiger partial charge in [0.15, 0.2) is 0 Å². The van der Waals surface area contributed by atoms with Crippen molar-refractivity contribution in [3.63, 3.8) is 0 Å². The molecule has 1 N–H and O–H groups in total. The number of aromatic nitrogens is 2. The number of carbonyl (C=O) groups is 2. The fourth-order valence-electron chi connectivity index (χ4n) is 3.83. The second-order valence-corrected chi connectivity index (χ2v) is 8.20. The van der Waals surface area contributed by atoms with E-state index in [2.05, 4.69) is 24.3 Å². The molecule has 2 amide bonds. The van der Waals surface area contributed by atoms with Gasteiger partial charge in [0.05, 0.1) is 31.0 Å². The smallest absolute Gasteiger partial charge is 0.251 e. The lowest BCUT2D eigenvalue weighted by Crippen LogP contribution is -2.43. The van der Waals surface area contributed by atoms with Gasteiger partial charge in [0.1, 0.15) is 0 Å². The van der Waals surface area contributed by atoms with Gasteiger partial charge in [0.25, 0.3) is 5.91 Å². The first-order valence-electron chi connectivity index (χ1n) is 10.2. The zero-order chi connectivity index (χ0) is 19.7. The Morgan fingerprint density at radius 1 is 1.21 bits per heavy atom. The number of nitrogens with one attached hydrogen (secondary N) is 1. The first-order valence-corrected chi connectivity index (χ1v) is 10.2. The lowest BCUT2D eigenvalue weighted by atomic mass is 9.84. The highest BCUT2D eigenvalue weighted by atomic mass is 16.2. The average Bonchev–Trinajstić information content (AvgIpc) is 3.06. The lowest BCUT2D eigenvalue weighted by molar-refractivity contribution is -0.139. The van der Waals surface area contributed by atoms with E-state index in [4.69, 9.17) is 0 Å². The molecule has 2 aliphatic rings. The van der Waals surface area contributed by atoms with Crippen LogP contribution in [-0.4, -0.2) is 33.0 Å². The van der Waals surface area contributed by atoms with Crippen LogP contribution >= 0.6 is 0 Å². The minimum absolute atomic E-state index is 0.0877. The zero-order valence-electron chi connectivity index (χ0n) is 16.6. The molecule has 4 rings (SSSR count). The lowest BCUT2D eigenvalue weighted by Gasteiger charge is -2.34. The van der Waals surface area contributed by atoms with Gasteiger partial charge in [-0.2, -0.15) is 5.10 Å². The molecule has 6 nitrogen and oxygen atoms in total. The third-order valence-corrected chi connectivity index (χ3v) is 5.86. The largest absolute Gasteiger partial charge is 0.346 e. The van der Waals surface area contributed by atoms with Gasteiger partial charge in [0.2, 0.25) is 5.91 Å². The van der Waals surface area contributed by atoms with Gasteiger partial charge in [-0.1, -0.05) is 32.4 Å². The topological polar surface area (TPSA) is 67.2 Å². The van der Waals surface area contributed by atoms with Crippen molar-refractivity contribution in [1.29, 1.82) is 0 Å². The third kappa shape index (κ3) is 3.81. The Hall–Kier alpha value is -2.63. The number of benzene rings is 1. The van der Waals surface area contributed by atoms with Crippen molar-refractivity contribution in [2.75, 3.05) is 6.54 Å². The van der Waals surface area contributed by atoms with Crippen LogP contribution in [0.15, 0.2) is 30.3 Å². The molecule has 1 aliphatic heterocycles. The van der Waals surface area contributed by atoms with Crippen molar-refractivity contribution >= 4 is 11.8 Å². The standard InChI is InChI=1S/C22H28N4O2/c1-15(2)17-7-4-8-18(11-17)21(27)23-13-19-12-20-14-25(9-10-26(20)24-19)22(28)16-5-3-6-16/h4,7-8,11-12,15-16H,3,5-6,9-10,13-14H2,1-2H3,(H,23,27). The molecule has 2 heterocycles. The number of amides is 2. The molecule has 0 atom stereocenters. The summed E-state index contributed by atoms with van der Waals surface area (Å²) in [5.74, 6) is 0.821. The predicted octanol–water partition coefficient (Wildman–Crippen LogP) is 3.08. The van der Waals surface area contributed by atoms with Gasteiger partial charge < -0.3 is 10.2 Å². The van der Waals surface area contributed by atoms with Crippen LogP contribution in [0.4, 0.5) is 0 Å². The Labute approximate surface area is 165 Å². The van der Waals surface area contributed by atoms with E-state index in [9.17, 15) is 9.59 Å². The fourth-order valence-corrected chi connectivity index (χ4v) is 3.83. The normalized spacial score (nSPS) is 16.6. The molecule has 28 heavy (non-hydrogen) atoms. The summed E-state index contributed by atoms with van der Waals surface area (Å²) in [5.41, 5.74) is 3.71. The SMILES string of the molecule is CC(C)c1cccc(C(=O)NCc2cc3n(n2)CCN(C(=O)C2CCC2)C3)c1. The van der Waals surface area contributed by atoms with Gasteiger partial charge in [-0.05, 0) is 42.5 Å². The van der Waals surface area contributed by atoms with E-state index in [1.807, 2.05) is 39.9 Å². The number of carbonyl (C=O) groups excluding carboxylic acids is 2. The highest BCUT2D eigenvalue weighted by molar-refractivity contribution is 5.94. The number of rotatable bonds is 5. The zero-order valence-corrected chi connectivity index (χ0v) is 16.6. The van der Waals surface area contributed by atoms with Crippen LogP contribution < -0.4 is 5.32 Å². The molecule has 0 spiro atoms. The molecule has 0 radical (unpaired) electrons. The molecule has 0 bridgehead atoms. The predicted molar refractivity (Wildman–Crippen MR) is 107 cm³/mol. The first-order chi connectivity index (χ1) is 13.5. The Morgan fingerprint density at radius 2 is 2.04 bits per heavy atom. The number of hydrogen-bond acceptors (Lipinski definition) is 3. The van der Waals surface area contributed by atoms with E-state index in [-0.39, 0.29) is 11.8 Å². The Bertz CT molecular complexity index is 882. The van der Waals surface area contributed by atoms with Crippen LogP contribution in [-0.2, 0) is 24.4 Å². The van der Waals surface area contributed by atoms with Crippen molar-refractivity contribution in [2.24, 2.45) is 5.92 Å². The van der Waals surface area contributed by atoms with Crippen LogP contribution in [0, 0.1) is 5.92 Å². The Morgan fingerprint density at radius 3 is 2.75 bits per heavy atom. The first kappa shape index (κ1) is 18.7. The van der Waals surface area contributed by atoms with Crippen LogP contribution in [0.25, 0.3) is 0 Å². The van der Waals surface area contributed by atoms with E-state index >= 15 is 0 Å². The number of hydrogen-bond donors (Lipinski definition) is 1. The van der Waals surface area contributed by atoms with Crippen LogP contribution in [0.1, 0.15) is 66.3 Å². The summed E-state index contributed by atoms with van der Waals surface area (Å²) < 4.78 is 1.96. The van der Waals surface area contributed by atoms with E-state index in [0.29, 0.717) is 30.5 Å². The van der Waals surface area contributed by atoms with Crippen LogP contribution in [0.3, 0.4) is 0 Å². The molecule has 1 aromatic carbocycles. The summed E-state index contributed by atoms with van der Waals surface area (Å²) in [6, 6.07) is 9.76. The molecular formula is C22H28N4O2. The summed E-state index contributed by atoms with van der Waals surface area (Å²) in [5, 5.41) is 7.56. The summed E-state index contributed by atoms with van der Waals surface area (Å²) in [6.07, 6.45) is 3.24. The van der Waals surface area contributed by atoms with E-state index in [1.54, 1.807) is 0 Å². The van der Waals surface area contributed by atoms with Crippen LogP contribution in [0.5, 0.6) is 0 Å². The molecule has 0 saturated heterocycles. The van der Waals surface area contributed by atoms with Gasteiger partial charge in [0, 0.05) is 18.0 Å². The van der Waals surface area contributed by atoms with E-state index < -0.39 is 0 Å². The van der Waals surface area contributed by atoms with E-state index in [0.717, 1.165) is 42.9 Å². The van der Waals surface area contributed by atoms with Gasteiger partial charge in [-0.3, -0.25) is 14.3 Å². The fraction of sp³-hybridized carbons (Fsp3) is 0.500. The minimum atomic E-state index is -0.0877. The summed E-state index contributed by atoms with van der Waals surface area (Å²) in [7, 11) is 0. The van der Waals surface area contributed by atoms with Gasteiger partial charge >= 0.3 is 0 Å². The second-order valence-electron chi connectivity index (χ2n) is 8.20. The summed E-state index contributed by atoms with van der Waals surface area (Å²) >= 11 is 0. The number of nitrogens with zero attached hydrogens (tertiary/aromatic N) is 3. The average molecular weight is 380 g/mol. The molecule has 1 aromatic heterocycles.